The highest BCUT2D eigenvalue weighted by molar-refractivity contribution is 5.76. The van der Waals surface area contributed by atoms with E-state index >= 15 is 0 Å². The average molecular weight is 231 g/mol. The molecule has 1 aliphatic carbocycles. The molecule has 1 amide bonds. The number of rotatable bonds is 2. The molecule has 0 atom stereocenters. The monoisotopic (exact) mass is 231 g/mol. The molecule has 92 valence electrons. The van der Waals surface area contributed by atoms with E-state index in [1.807, 2.05) is 0 Å². The van der Waals surface area contributed by atoms with Crippen LogP contribution in [0.4, 0.5) is 8.78 Å². The van der Waals surface area contributed by atoms with Crippen molar-refractivity contribution < 1.29 is 13.6 Å². The van der Waals surface area contributed by atoms with Gasteiger partial charge >= 0.3 is 0 Å². The van der Waals surface area contributed by atoms with Crippen LogP contribution in [0.2, 0.25) is 0 Å². The third-order valence-corrected chi connectivity index (χ3v) is 3.79. The van der Waals surface area contributed by atoms with Gasteiger partial charge in [0, 0.05) is 32.4 Å². The molecule has 0 bridgehead atoms. The van der Waals surface area contributed by atoms with E-state index < -0.39 is 5.92 Å². The summed E-state index contributed by atoms with van der Waals surface area (Å²) in [6, 6.07) is 0. The van der Waals surface area contributed by atoms with Crippen LogP contribution in [0.5, 0.6) is 0 Å². The van der Waals surface area contributed by atoms with Gasteiger partial charge in [0.1, 0.15) is 0 Å². The molecule has 0 aromatic heterocycles. The summed E-state index contributed by atoms with van der Waals surface area (Å²) in [4.78, 5) is 13.5. The quantitative estimate of drug-likeness (QED) is 0.715. The van der Waals surface area contributed by atoms with Crippen LogP contribution in [0.15, 0.2) is 0 Å². The molecule has 0 unspecified atom stereocenters. The fraction of sp³-hybridized carbons (Fsp3) is 0.917. The number of amides is 1. The highest BCUT2D eigenvalue weighted by Gasteiger charge is 2.35. The molecule has 16 heavy (non-hydrogen) atoms. The maximum Gasteiger partial charge on any atom is 0.251 e. The summed E-state index contributed by atoms with van der Waals surface area (Å²) in [5.41, 5.74) is 0. The molecule has 4 heteroatoms. The number of hydrogen-bond donors (Lipinski definition) is 0. The first-order valence-electron chi connectivity index (χ1n) is 6.22. The number of halogens is 2. The van der Waals surface area contributed by atoms with Crippen LogP contribution in [0, 0.1) is 5.92 Å². The van der Waals surface area contributed by atoms with Crippen molar-refractivity contribution in [2.45, 2.75) is 50.9 Å². The Labute approximate surface area is 95.0 Å². The predicted molar refractivity (Wildman–Crippen MR) is 57.3 cm³/mol. The van der Waals surface area contributed by atoms with Crippen LogP contribution < -0.4 is 0 Å². The first-order valence-corrected chi connectivity index (χ1v) is 6.22. The Morgan fingerprint density at radius 1 is 1.19 bits per heavy atom. The second-order valence-corrected chi connectivity index (χ2v) is 5.09. The fourth-order valence-electron chi connectivity index (χ4n) is 2.67. The summed E-state index contributed by atoms with van der Waals surface area (Å²) in [6.45, 7) is 0.469. The van der Waals surface area contributed by atoms with E-state index in [9.17, 15) is 13.6 Å². The summed E-state index contributed by atoms with van der Waals surface area (Å²) >= 11 is 0. The molecule has 0 aromatic carbocycles. The van der Waals surface area contributed by atoms with Gasteiger partial charge < -0.3 is 4.90 Å². The summed E-state index contributed by atoms with van der Waals surface area (Å²) in [5.74, 6) is -1.96. The standard InChI is InChI=1S/C12H19F2NO/c13-12(14)5-7-15(8-6-12)11(16)9-10-3-1-2-4-10/h10H,1-9H2. The van der Waals surface area contributed by atoms with E-state index in [1.54, 1.807) is 4.90 Å². The van der Waals surface area contributed by atoms with Gasteiger partial charge in [-0.15, -0.1) is 0 Å². The zero-order valence-electron chi connectivity index (χ0n) is 9.55. The van der Waals surface area contributed by atoms with E-state index in [0.29, 0.717) is 12.3 Å². The molecule has 2 nitrogen and oxygen atoms in total. The van der Waals surface area contributed by atoms with Gasteiger partial charge in [-0.2, -0.15) is 0 Å². The highest BCUT2D eigenvalue weighted by Crippen LogP contribution is 2.31. The summed E-state index contributed by atoms with van der Waals surface area (Å²) in [6.07, 6.45) is 4.95. The van der Waals surface area contributed by atoms with E-state index in [1.165, 1.54) is 12.8 Å². The maximum absolute atomic E-state index is 12.9. The van der Waals surface area contributed by atoms with Crippen molar-refractivity contribution in [3.63, 3.8) is 0 Å². The number of alkyl halides is 2. The Morgan fingerprint density at radius 2 is 1.75 bits per heavy atom. The van der Waals surface area contributed by atoms with Crippen LogP contribution in [0.25, 0.3) is 0 Å². The van der Waals surface area contributed by atoms with Gasteiger partial charge in [0.05, 0.1) is 0 Å². The molecule has 0 radical (unpaired) electrons. The van der Waals surface area contributed by atoms with Gasteiger partial charge in [-0.1, -0.05) is 12.8 Å². The normalized spacial score (nSPS) is 26.0. The first kappa shape index (κ1) is 11.8. The van der Waals surface area contributed by atoms with Gasteiger partial charge in [0.2, 0.25) is 5.91 Å². The van der Waals surface area contributed by atoms with Crippen molar-refractivity contribution in [2.24, 2.45) is 5.92 Å². The molecule has 2 fully saturated rings. The molecule has 1 aliphatic heterocycles. The van der Waals surface area contributed by atoms with Crippen LogP contribution in [-0.2, 0) is 4.79 Å². The number of likely N-dealkylation sites (tertiary alicyclic amines) is 1. The average Bonchev–Trinajstić information content (AvgIpc) is 2.70. The second kappa shape index (κ2) is 4.68. The molecule has 1 saturated heterocycles. The van der Waals surface area contributed by atoms with Crippen LogP contribution in [0.3, 0.4) is 0 Å². The maximum atomic E-state index is 12.9. The van der Waals surface area contributed by atoms with Crippen molar-refractivity contribution in [1.29, 1.82) is 0 Å². The Bertz CT molecular complexity index is 252. The smallest absolute Gasteiger partial charge is 0.251 e. The minimum absolute atomic E-state index is 0.0856. The number of hydrogen-bond acceptors (Lipinski definition) is 1. The molecule has 0 aromatic rings. The van der Waals surface area contributed by atoms with Gasteiger partial charge in [-0.05, 0) is 18.8 Å². The third kappa shape index (κ3) is 2.92. The summed E-state index contributed by atoms with van der Waals surface area (Å²) in [5, 5.41) is 0. The molecular weight excluding hydrogens is 212 g/mol. The second-order valence-electron chi connectivity index (χ2n) is 5.09. The number of piperidine rings is 1. The lowest BCUT2D eigenvalue weighted by atomic mass is 10.0. The van der Waals surface area contributed by atoms with Gasteiger partial charge in [0.25, 0.3) is 5.92 Å². The zero-order valence-corrected chi connectivity index (χ0v) is 9.55. The van der Waals surface area contributed by atoms with Crippen LogP contribution in [-0.4, -0.2) is 29.8 Å². The lowest BCUT2D eigenvalue weighted by Crippen LogP contribution is -2.43. The molecule has 1 heterocycles. The number of carbonyl (C=O) groups is 1. The van der Waals surface area contributed by atoms with Gasteiger partial charge in [-0.3, -0.25) is 4.79 Å². The third-order valence-electron chi connectivity index (χ3n) is 3.79. The van der Waals surface area contributed by atoms with Crippen LogP contribution in [0.1, 0.15) is 44.9 Å². The summed E-state index contributed by atoms with van der Waals surface area (Å²) < 4.78 is 25.8. The molecule has 1 saturated carbocycles. The van der Waals surface area contributed by atoms with E-state index in [2.05, 4.69) is 0 Å². The lowest BCUT2D eigenvalue weighted by molar-refractivity contribution is -0.138. The van der Waals surface area contributed by atoms with Gasteiger partial charge in [-0.25, -0.2) is 8.78 Å². The topological polar surface area (TPSA) is 20.3 Å². The van der Waals surface area contributed by atoms with Crippen molar-refractivity contribution in [3.8, 4) is 0 Å². The van der Waals surface area contributed by atoms with Crippen molar-refractivity contribution in [2.75, 3.05) is 13.1 Å². The zero-order chi connectivity index (χ0) is 11.6. The number of nitrogens with zero attached hydrogens (tertiary/aromatic N) is 1. The first-order chi connectivity index (χ1) is 7.57. The predicted octanol–water partition coefficient (Wildman–Crippen LogP) is 2.82. The Balaban J connectivity index is 1.77. The van der Waals surface area contributed by atoms with Crippen LogP contribution >= 0.6 is 0 Å². The SMILES string of the molecule is O=C(CC1CCCC1)N1CCC(F)(F)CC1. The fourth-order valence-corrected chi connectivity index (χ4v) is 2.67. The number of carbonyl (C=O) groups excluding carboxylic acids is 1. The molecule has 2 aliphatic rings. The summed E-state index contributed by atoms with van der Waals surface area (Å²) in [7, 11) is 0. The van der Waals surface area contributed by atoms with E-state index in [-0.39, 0.29) is 31.8 Å². The van der Waals surface area contributed by atoms with E-state index in [0.717, 1.165) is 12.8 Å². The largest absolute Gasteiger partial charge is 0.342 e. The lowest BCUT2D eigenvalue weighted by Gasteiger charge is -2.32. The van der Waals surface area contributed by atoms with Crippen molar-refractivity contribution >= 4 is 5.91 Å². The minimum atomic E-state index is -2.55. The minimum Gasteiger partial charge on any atom is -0.342 e. The van der Waals surface area contributed by atoms with E-state index in [4.69, 9.17) is 0 Å². The molecule has 0 N–H and O–H groups in total. The Hall–Kier alpha value is -0.670. The Kier molecular flexibility index (Phi) is 3.45. The van der Waals surface area contributed by atoms with Crippen molar-refractivity contribution in [1.82, 2.24) is 4.90 Å². The molecule has 2 rings (SSSR count). The Morgan fingerprint density at radius 3 is 2.31 bits per heavy atom. The van der Waals surface area contributed by atoms with Gasteiger partial charge in [0.15, 0.2) is 0 Å². The van der Waals surface area contributed by atoms with Crippen molar-refractivity contribution in [3.05, 3.63) is 0 Å². The highest BCUT2D eigenvalue weighted by atomic mass is 19.3. The molecule has 0 spiro atoms. The molecular formula is C12H19F2NO.